The van der Waals surface area contributed by atoms with E-state index >= 15 is 0 Å². The van der Waals surface area contributed by atoms with Crippen LogP contribution >= 0.6 is 0 Å². The van der Waals surface area contributed by atoms with Gasteiger partial charge in [0.25, 0.3) is 11.8 Å². The van der Waals surface area contributed by atoms with E-state index in [1.165, 1.54) is 11.0 Å². The smallest absolute Gasteiger partial charge is 0.274 e. The number of carbonyl (C=O) groups excluding carboxylic acids is 6. The lowest BCUT2D eigenvalue weighted by Crippen LogP contribution is -2.59. The van der Waals surface area contributed by atoms with E-state index in [0.717, 1.165) is 87.2 Å². The molecule has 0 saturated carbocycles. The summed E-state index contributed by atoms with van der Waals surface area (Å²) in [6, 6.07) is 12.2. The van der Waals surface area contributed by atoms with E-state index in [4.69, 9.17) is 4.74 Å². The molecule has 3 aromatic rings. The predicted molar refractivity (Wildman–Crippen MR) is 251 cm³/mol. The molecule has 18 heteroatoms. The fourth-order valence-corrected chi connectivity index (χ4v) is 9.96. The van der Waals surface area contributed by atoms with Gasteiger partial charge in [0.2, 0.25) is 17.7 Å². The van der Waals surface area contributed by atoms with Crippen molar-refractivity contribution in [1.29, 1.82) is 0 Å². The average Bonchev–Trinajstić information content (AvgIpc) is 3.70. The molecule has 1 aromatic carbocycles. The first-order chi connectivity index (χ1) is 32.6. The fraction of sp³-hybridized carbons (Fsp3) is 0.531. The first-order valence-electron chi connectivity index (χ1n) is 24.0. The molecule has 18 nitrogen and oxygen atoms in total. The Morgan fingerprint density at radius 3 is 2.52 bits per heavy atom. The number of Topliss-reactive ketones (excluding diaryl/α,β-unsaturated/α-hetero) is 1. The summed E-state index contributed by atoms with van der Waals surface area (Å²) >= 11 is 0. The minimum Gasteiger partial charge on any atom is -0.382 e. The SMILES string of the molecule is CC(OCCNc1cccc2c1CN(C1CCC(=O)NC1=O)C2=O)C(=O)C1CN(C2CCN(c3ccc(C(=O)N4CCC(CCCCNC(=O)/C=C/c5cccnc5)CC4)nn3)CC2)CCN1. The van der Waals surface area contributed by atoms with E-state index < -0.39 is 18.1 Å². The Labute approximate surface area is 391 Å². The molecule has 5 aliphatic heterocycles. The van der Waals surface area contributed by atoms with Crippen LogP contribution in [0, 0.1) is 5.92 Å². The molecule has 356 valence electrons. The van der Waals surface area contributed by atoms with Crippen LogP contribution in [-0.2, 0) is 30.5 Å². The molecule has 5 aliphatic rings. The first kappa shape index (κ1) is 47.4. The van der Waals surface area contributed by atoms with Crippen molar-refractivity contribution in [2.24, 2.45) is 5.92 Å². The Hall–Kier alpha value is -6.11. The Bertz CT molecular complexity index is 2260. The lowest BCUT2D eigenvalue weighted by Gasteiger charge is -2.42. The molecular formula is C49H63N11O7. The summed E-state index contributed by atoms with van der Waals surface area (Å²) in [5.41, 5.74) is 3.37. The summed E-state index contributed by atoms with van der Waals surface area (Å²) in [5.74, 6) is 0.182. The molecule has 3 atom stereocenters. The number of ether oxygens (including phenoxy) is 1. The largest absolute Gasteiger partial charge is 0.382 e. The minimum atomic E-state index is -0.679. The van der Waals surface area contributed by atoms with Crippen molar-refractivity contribution in [2.45, 2.75) is 95.5 Å². The van der Waals surface area contributed by atoms with Crippen LogP contribution in [0.25, 0.3) is 6.08 Å². The molecule has 0 spiro atoms. The zero-order chi connectivity index (χ0) is 46.7. The van der Waals surface area contributed by atoms with E-state index in [2.05, 4.69) is 46.2 Å². The number of nitrogens with one attached hydrogen (secondary N) is 4. The molecule has 7 heterocycles. The third-order valence-corrected chi connectivity index (χ3v) is 13.8. The highest BCUT2D eigenvalue weighted by molar-refractivity contribution is 6.06. The molecule has 5 amide bonds. The normalized spacial score (nSPS) is 21.3. The lowest BCUT2D eigenvalue weighted by atomic mass is 9.91. The number of nitrogens with zero attached hydrogens (tertiary/aromatic N) is 7. The number of amides is 5. The summed E-state index contributed by atoms with van der Waals surface area (Å²) in [4.78, 5) is 88.5. The Morgan fingerprint density at radius 2 is 1.76 bits per heavy atom. The number of fused-ring (bicyclic) bond motifs is 1. The molecule has 2 aromatic heterocycles. The number of pyridine rings is 1. The van der Waals surface area contributed by atoms with Gasteiger partial charge in [-0.3, -0.25) is 44.0 Å². The monoisotopic (exact) mass is 917 g/mol. The number of ketones is 1. The van der Waals surface area contributed by atoms with Crippen molar-refractivity contribution in [3.8, 4) is 0 Å². The number of likely N-dealkylation sites (tertiary alicyclic amines) is 1. The van der Waals surface area contributed by atoms with Gasteiger partial charge in [-0.2, -0.15) is 0 Å². The van der Waals surface area contributed by atoms with Crippen molar-refractivity contribution in [3.63, 3.8) is 0 Å². The maximum atomic E-state index is 13.6. The molecule has 4 saturated heterocycles. The molecule has 8 rings (SSSR count). The summed E-state index contributed by atoms with van der Waals surface area (Å²) in [7, 11) is 0. The van der Waals surface area contributed by atoms with Gasteiger partial charge in [0, 0.05) is 113 Å². The first-order valence-corrected chi connectivity index (χ1v) is 24.0. The van der Waals surface area contributed by atoms with Crippen molar-refractivity contribution in [1.82, 2.24) is 45.8 Å². The molecule has 4 fully saturated rings. The van der Waals surface area contributed by atoms with Gasteiger partial charge in [0.05, 0.1) is 12.6 Å². The Balaban J connectivity index is 0.704. The molecule has 3 unspecified atom stereocenters. The van der Waals surface area contributed by atoms with E-state index in [0.29, 0.717) is 68.9 Å². The van der Waals surface area contributed by atoms with Crippen LogP contribution in [0.3, 0.4) is 0 Å². The number of piperazine rings is 1. The third kappa shape index (κ3) is 12.1. The van der Waals surface area contributed by atoms with Crippen LogP contribution in [0.1, 0.15) is 96.7 Å². The minimum absolute atomic E-state index is 0.0171. The van der Waals surface area contributed by atoms with Gasteiger partial charge in [-0.1, -0.05) is 25.0 Å². The Kier molecular flexibility index (Phi) is 16.0. The van der Waals surface area contributed by atoms with E-state index in [1.54, 1.807) is 43.6 Å². The maximum Gasteiger partial charge on any atom is 0.274 e. The number of unbranched alkanes of at least 4 members (excludes halogenated alkanes) is 1. The van der Waals surface area contributed by atoms with Crippen LogP contribution in [0.15, 0.2) is 60.9 Å². The second-order valence-corrected chi connectivity index (χ2v) is 18.2. The molecule has 0 aliphatic carbocycles. The van der Waals surface area contributed by atoms with E-state index in [-0.39, 0.29) is 55.0 Å². The van der Waals surface area contributed by atoms with Gasteiger partial charge in [-0.25, -0.2) is 0 Å². The standard InChI is InChI=1S/C49H63N11O7/c1-33(67-29-23-52-39-9-4-8-37-38(39)31-60(48(37)65)42-12-15-45(62)54-47(42)64)46(63)41-32-59(28-22-51-41)36-18-26-57(27-19-36)43-13-11-40(55-56-43)49(66)58-24-16-34(17-25-58)6-2-3-21-53-44(61)14-10-35-7-5-20-50-30-35/h4-5,7-11,13-14,20,30,33-34,36,41-42,51-52H,2-3,6,12,15-19,21-29,31-32H2,1H3,(H,53,61)(H,54,62,64)/b14-10+. The second-order valence-electron chi connectivity index (χ2n) is 18.2. The zero-order valence-corrected chi connectivity index (χ0v) is 38.4. The van der Waals surface area contributed by atoms with Crippen LogP contribution < -0.4 is 26.2 Å². The van der Waals surface area contributed by atoms with Gasteiger partial charge < -0.3 is 35.4 Å². The quantitative estimate of drug-likeness (QED) is 0.0822. The van der Waals surface area contributed by atoms with Gasteiger partial charge in [0.15, 0.2) is 17.3 Å². The topological polar surface area (TPSA) is 211 Å². The highest BCUT2D eigenvalue weighted by Gasteiger charge is 2.40. The number of benzene rings is 1. The summed E-state index contributed by atoms with van der Waals surface area (Å²) < 4.78 is 6.02. The van der Waals surface area contributed by atoms with Crippen molar-refractivity contribution < 1.29 is 33.5 Å². The van der Waals surface area contributed by atoms with E-state index in [1.807, 2.05) is 29.2 Å². The number of hydrogen-bond donors (Lipinski definition) is 4. The van der Waals surface area contributed by atoms with Gasteiger partial charge in [0.1, 0.15) is 12.1 Å². The number of piperidine rings is 3. The highest BCUT2D eigenvalue weighted by Crippen LogP contribution is 2.32. The number of imide groups is 1. The fourth-order valence-electron chi connectivity index (χ4n) is 9.96. The van der Waals surface area contributed by atoms with Crippen LogP contribution in [0.2, 0.25) is 0 Å². The molecule has 4 N–H and O–H groups in total. The highest BCUT2D eigenvalue weighted by atomic mass is 16.5. The number of carbonyl (C=O) groups is 6. The Morgan fingerprint density at radius 1 is 0.925 bits per heavy atom. The van der Waals surface area contributed by atoms with E-state index in [9.17, 15) is 28.8 Å². The van der Waals surface area contributed by atoms with Crippen LogP contribution in [0.4, 0.5) is 11.5 Å². The number of rotatable bonds is 18. The summed E-state index contributed by atoms with van der Waals surface area (Å²) in [6.07, 6.45) is 13.4. The van der Waals surface area contributed by atoms with Gasteiger partial charge in [-0.05, 0) is 93.3 Å². The number of aromatic nitrogens is 3. The third-order valence-electron chi connectivity index (χ3n) is 13.8. The molecule has 0 radical (unpaired) electrons. The molecule has 0 bridgehead atoms. The van der Waals surface area contributed by atoms with Gasteiger partial charge >= 0.3 is 0 Å². The second kappa shape index (κ2) is 22.6. The van der Waals surface area contributed by atoms with Crippen molar-refractivity contribution in [3.05, 3.63) is 83.3 Å². The molecular weight excluding hydrogens is 855 g/mol. The predicted octanol–water partition coefficient (Wildman–Crippen LogP) is 2.81. The van der Waals surface area contributed by atoms with Crippen molar-refractivity contribution >= 4 is 52.9 Å². The van der Waals surface area contributed by atoms with Crippen molar-refractivity contribution in [2.75, 3.05) is 75.7 Å². The number of anilines is 2. The van der Waals surface area contributed by atoms with Gasteiger partial charge in [-0.15, -0.1) is 10.2 Å². The summed E-state index contributed by atoms with van der Waals surface area (Å²) in [6.45, 7) is 8.62. The lowest BCUT2D eigenvalue weighted by molar-refractivity contribution is -0.137. The summed E-state index contributed by atoms with van der Waals surface area (Å²) in [5, 5.41) is 20.9. The van der Waals surface area contributed by atoms with Crippen LogP contribution in [-0.4, -0.2) is 155 Å². The zero-order valence-electron chi connectivity index (χ0n) is 38.4. The molecule has 67 heavy (non-hydrogen) atoms. The van der Waals surface area contributed by atoms with Crippen LogP contribution in [0.5, 0.6) is 0 Å². The average molecular weight is 918 g/mol. The maximum absolute atomic E-state index is 13.6. The number of hydrogen-bond acceptors (Lipinski definition) is 14.